The normalized spacial score (nSPS) is 11.6. The molecule has 7 nitrogen and oxygen atoms in total. The number of nitrogens with one attached hydrogen (secondary N) is 1. The van der Waals surface area contributed by atoms with E-state index in [4.69, 9.17) is 10.7 Å². The third-order valence-corrected chi connectivity index (χ3v) is 4.69. The van der Waals surface area contributed by atoms with E-state index in [0.717, 1.165) is 22.5 Å². The Balaban J connectivity index is 1.71. The van der Waals surface area contributed by atoms with Crippen molar-refractivity contribution < 1.29 is 9.90 Å². The number of nitrogens with zero attached hydrogens (tertiary/aromatic N) is 3. The molecular weight excluding hydrogens is 366 g/mol. The molecule has 2 aromatic carbocycles. The molecule has 4 rings (SSSR count). The number of amides is 1. The van der Waals surface area contributed by atoms with Crippen LogP contribution in [-0.2, 0) is 5.60 Å². The maximum Gasteiger partial charge on any atom is 0.248 e. The number of fused-ring (bicyclic) bond motifs is 1. The van der Waals surface area contributed by atoms with Crippen LogP contribution in [0.1, 0.15) is 29.8 Å². The van der Waals surface area contributed by atoms with E-state index in [1.165, 1.54) is 0 Å². The number of imidazole rings is 1. The molecule has 0 saturated carbocycles. The minimum absolute atomic E-state index is 0.447. The second-order valence-electron chi connectivity index (χ2n) is 7.34. The molecule has 146 valence electrons. The third-order valence-electron chi connectivity index (χ3n) is 4.69. The van der Waals surface area contributed by atoms with Crippen molar-refractivity contribution in [2.45, 2.75) is 19.4 Å². The SMILES string of the molecule is CC(C)(O)c1ccc(Nc2nc(-c3ccc(C(N)=O)cc3)cn3ccnc23)cc1. The number of aromatic nitrogens is 3. The highest BCUT2D eigenvalue weighted by molar-refractivity contribution is 5.93. The Bertz CT molecular complexity index is 1170. The number of carbonyl (C=O) groups is 1. The second kappa shape index (κ2) is 7.03. The molecule has 4 N–H and O–H groups in total. The summed E-state index contributed by atoms with van der Waals surface area (Å²) in [5.74, 6) is 0.133. The number of hydrogen-bond donors (Lipinski definition) is 3. The lowest BCUT2D eigenvalue weighted by molar-refractivity contribution is 0.0786. The number of anilines is 2. The summed E-state index contributed by atoms with van der Waals surface area (Å²) in [5, 5.41) is 13.4. The summed E-state index contributed by atoms with van der Waals surface area (Å²) in [5.41, 5.74) is 8.79. The zero-order valence-electron chi connectivity index (χ0n) is 16.1. The Labute approximate surface area is 167 Å². The fourth-order valence-electron chi connectivity index (χ4n) is 3.06. The lowest BCUT2D eigenvalue weighted by Gasteiger charge is -2.18. The van der Waals surface area contributed by atoms with Crippen LogP contribution < -0.4 is 11.1 Å². The standard InChI is InChI=1S/C22H21N5O2/c1-22(2,29)16-7-9-17(10-8-16)25-20-21-24-11-12-27(21)13-18(26-20)14-3-5-15(6-4-14)19(23)28/h3-13,29H,1-2H3,(H2,23,28)(H,25,26). The number of carbonyl (C=O) groups excluding carboxylic acids is 1. The molecule has 0 fully saturated rings. The number of hydrogen-bond acceptors (Lipinski definition) is 5. The van der Waals surface area contributed by atoms with Crippen LogP contribution in [-0.4, -0.2) is 25.4 Å². The van der Waals surface area contributed by atoms with Gasteiger partial charge in [0.25, 0.3) is 0 Å². The van der Waals surface area contributed by atoms with E-state index >= 15 is 0 Å². The summed E-state index contributed by atoms with van der Waals surface area (Å²) in [6.45, 7) is 3.50. The summed E-state index contributed by atoms with van der Waals surface area (Å²) < 4.78 is 1.89. The van der Waals surface area contributed by atoms with Crippen molar-refractivity contribution in [2.75, 3.05) is 5.32 Å². The highest BCUT2D eigenvalue weighted by atomic mass is 16.3. The van der Waals surface area contributed by atoms with Crippen LogP contribution in [0.4, 0.5) is 11.5 Å². The highest BCUT2D eigenvalue weighted by Gasteiger charge is 2.16. The van der Waals surface area contributed by atoms with Gasteiger partial charge in [0.1, 0.15) is 0 Å². The van der Waals surface area contributed by atoms with Crippen molar-refractivity contribution >= 4 is 23.1 Å². The molecule has 7 heteroatoms. The monoisotopic (exact) mass is 387 g/mol. The maximum absolute atomic E-state index is 11.3. The minimum Gasteiger partial charge on any atom is -0.386 e. The highest BCUT2D eigenvalue weighted by Crippen LogP contribution is 2.26. The first-order chi connectivity index (χ1) is 13.8. The van der Waals surface area contributed by atoms with Gasteiger partial charge in [0, 0.05) is 35.4 Å². The minimum atomic E-state index is -0.899. The zero-order chi connectivity index (χ0) is 20.6. The van der Waals surface area contributed by atoms with Gasteiger partial charge < -0.3 is 20.6 Å². The summed E-state index contributed by atoms with van der Waals surface area (Å²) in [6.07, 6.45) is 5.44. The fraction of sp³-hybridized carbons (Fsp3) is 0.136. The summed E-state index contributed by atoms with van der Waals surface area (Å²) in [4.78, 5) is 20.4. The molecule has 0 spiro atoms. The predicted molar refractivity (Wildman–Crippen MR) is 112 cm³/mol. The number of nitrogens with two attached hydrogens (primary N) is 1. The van der Waals surface area contributed by atoms with Crippen LogP contribution in [0.5, 0.6) is 0 Å². The van der Waals surface area contributed by atoms with E-state index in [1.807, 2.05) is 53.2 Å². The molecule has 0 bridgehead atoms. The molecule has 0 unspecified atom stereocenters. The first kappa shape index (κ1) is 18.6. The molecule has 0 atom stereocenters. The molecule has 0 aliphatic heterocycles. The fourth-order valence-corrected chi connectivity index (χ4v) is 3.06. The lowest BCUT2D eigenvalue weighted by Crippen LogP contribution is -2.15. The smallest absolute Gasteiger partial charge is 0.248 e. The number of rotatable bonds is 5. The van der Waals surface area contributed by atoms with Crippen molar-refractivity contribution in [3.05, 3.63) is 78.2 Å². The van der Waals surface area contributed by atoms with Crippen LogP contribution in [0.2, 0.25) is 0 Å². The Morgan fingerprint density at radius 3 is 2.41 bits per heavy atom. The summed E-state index contributed by atoms with van der Waals surface area (Å²) in [7, 11) is 0. The molecule has 2 aromatic heterocycles. The molecule has 0 aliphatic carbocycles. The molecule has 4 aromatic rings. The first-order valence-electron chi connectivity index (χ1n) is 9.15. The topological polar surface area (TPSA) is 106 Å². The van der Waals surface area contributed by atoms with Gasteiger partial charge in [-0.25, -0.2) is 9.97 Å². The Morgan fingerprint density at radius 2 is 1.79 bits per heavy atom. The van der Waals surface area contributed by atoms with Crippen molar-refractivity contribution in [3.63, 3.8) is 0 Å². The van der Waals surface area contributed by atoms with Crippen molar-refractivity contribution in [1.82, 2.24) is 14.4 Å². The molecule has 0 saturated heterocycles. The average Bonchev–Trinajstić information content (AvgIpc) is 3.17. The van der Waals surface area contributed by atoms with Crippen LogP contribution in [0.25, 0.3) is 16.9 Å². The average molecular weight is 387 g/mol. The van der Waals surface area contributed by atoms with E-state index < -0.39 is 11.5 Å². The van der Waals surface area contributed by atoms with Crippen molar-refractivity contribution in [3.8, 4) is 11.3 Å². The lowest BCUT2D eigenvalue weighted by atomic mass is 9.98. The Hall–Kier alpha value is -3.71. The van der Waals surface area contributed by atoms with Gasteiger partial charge in [-0.1, -0.05) is 24.3 Å². The largest absolute Gasteiger partial charge is 0.386 e. The van der Waals surface area contributed by atoms with Gasteiger partial charge in [-0.15, -0.1) is 0 Å². The third kappa shape index (κ3) is 3.81. The van der Waals surface area contributed by atoms with E-state index in [-0.39, 0.29) is 0 Å². The van der Waals surface area contributed by atoms with Gasteiger partial charge in [0.15, 0.2) is 11.5 Å². The van der Waals surface area contributed by atoms with Crippen LogP contribution in [0.3, 0.4) is 0 Å². The number of primary amides is 1. The zero-order valence-corrected chi connectivity index (χ0v) is 16.1. The predicted octanol–water partition coefficient (Wildman–Crippen LogP) is 3.47. The van der Waals surface area contributed by atoms with Gasteiger partial charge in [-0.05, 0) is 43.7 Å². The molecule has 0 aliphatic rings. The van der Waals surface area contributed by atoms with Gasteiger partial charge in [0.2, 0.25) is 5.91 Å². The second-order valence-corrected chi connectivity index (χ2v) is 7.34. The maximum atomic E-state index is 11.3. The first-order valence-corrected chi connectivity index (χ1v) is 9.15. The Morgan fingerprint density at radius 1 is 1.10 bits per heavy atom. The van der Waals surface area contributed by atoms with Gasteiger partial charge >= 0.3 is 0 Å². The van der Waals surface area contributed by atoms with E-state index in [0.29, 0.717) is 17.0 Å². The summed E-state index contributed by atoms with van der Waals surface area (Å²) >= 11 is 0. The van der Waals surface area contributed by atoms with Crippen LogP contribution in [0.15, 0.2) is 67.1 Å². The van der Waals surface area contributed by atoms with E-state index in [9.17, 15) is 9.90 Å². The molecule has 0 radical (unpaired) electrons. The quantitative estimate of drug-likeness (QED) is 0.486. The van der Waals surface area contributed by atoms with Gasteiger partial charge in [-0.3, -0.25) is 4.79 Å². The van der Waals surface area contributed by atoms with E-state index in [2.05, 4.69) is 10.3 Å². The molecule has 1 amide bonds. The molecular formula is C22H21N5O2. The molecule has 29 heavy (non-hydrogen) atoms. The van der Waals surface area contributed by atoms with Crippen LogP contribution in [0, 0.1) is 0 Å². The Kier molecular flexibility index (Phi) is 4.52. The van der Waals surface area contributed by atoms with E-state index in [1.54, 1.807) is 32.2 Å². The van der Waals surface area contributed by atoms with Gasteiger partial charge in [-0.2, -0.15) is 0 Å². The van der Waals surface area contributed by atoms with Crippen LogP contribution >= 0.6 is 0 Å². The summed E-state index contributed by atoms with van der Waals surface area (Å²) in [6, 6.07) is 14.5. The van der Waals surface area contributed by atoms with Crippen molar-refractivity contribution in [2.24, 2.45) is 5.73 Å². The molecule has 2 heterocycles. The van der Waals surface area contributed by atoms with Crippen molar-refractivity contribution in [1.29, 1.82) is 0 Å². The van der Waals surface area contributed by atoms with Gasteiger partial charge in [0.05, 0.1) is 11.3 Å². The number of benzene rings is 2. The number of aliphatic hydroxyl groups is 1.